The highest BCUT2D eigenvalue weighted by Crippen LogP contribution is 2.15. The second-order valence-electron chi connectivity index (χ2n) is 5.02. The number of hydrogen-bond acceptors (Lipinski definition) is 9. The van der Waals surface area contributed by atoms with Crippen molar-refractivity contribution in [2.24, 2.45) is 0 Å². The first-order valence-corrected chi connectivity index (χ1v) is 7.42. The predicted molar refractivity (Wildman–Crippen MR) is 94.1 cm³/mol. The van der Waals surface area contributed by atoms with E-state index in [0.717, 1.165) is 6.92 Å². The molecule has 0 aliphatic rings. The molecular formula is C15H22O16. The Bertz CT molecular complexity index is 639. The summed E-state index contributed by atoms with van der Waals surface area (Å²) in [5.74, 6) is -9.55. The molecule has 0 aliphatic heterocycles. The molecule has 0 saturated heterocycles. The molecule has 16 nitrogen and oxygen atoms in total. The SMILES string of the molecule is CC(=O)O.CC(O)C(=O)O.O=C(O)C=CC(=O)O.O=C(O)CC(O)(CC(=O)O)C(=O)O. The minimum atomic E-state index is -2.74. The minimum Gasteiger partial charge on any atom is -0.481 e. The number of aliphatic hydroxyl groups excluding tert-OH is 1. The minimum absolute atomic E-state index is 0.558. The monoisotopic (exact) mass is 458 g/mol. The Kier molecular flexibility index (Phi) is 20.0. The van der Waals surface area contributed by atoms with Gasteiger partial charge < -0.3 is 46.0 Å². The number of aliphatic hydroxyl groups is 2. The molecule has 16 heteroatoms. The van der Waals surface area contributed by atoms with Crippen molar-refractivity contribution in [1.82, 2.24) is 0 Å². The fourth-order valence-corrected chi connectivity index (χ4v) is 0.857. The Morgan fingerprint density at radius 2 is 0.968 bits per heavy atom. The molecule has 0 heterocycles. The van der Waals surface area contributed by atoms with Crippen LogP contribution in [0, 0.1) is 0 Å². The Balaban J connectivity index is -0.000000173. The van der Waals surface area contributed by atoms with Gasteiger partial charge in [-0.15, -0.1) is 0 Å². The standard InChI is InChI=1S/C6H8O7.C4H4O4.C3H6O3.C2H4O2/c7-3(8)1-6(13,5(11)12)2-4(9)10;5-3(6)1-2-4(7)8;1-2(4)3(5)6;1-2(3)4/h13H,1-2H2,(H,7,8)(H,9,10)(H,11,12);1-2H,(H,5,6)(H,7,8);2,4H,1H3,(H,5,6);1H3,(H,3,4). The van der Waals surface area contributed by atoms with Crippen LogP contribution in [0.4, 0.5) is 0 Å². The van der Waals surface area contributed by atoms with Crippen molar-refractivity contribution in [2.75, 3.05) is 0 Å². The van der Waals surface area contributed by atoms with Crippen molar-refractivity contribution in [3.63, 3.8) is 0 Å². The molecular weight excluding hydrogens is 436 g/mol. The highest BCUT2D eigenvalue weighted by Gasteiger charge is 2.40. The summed E-state index contributed by atoms with van der Waals surface area (Å²) >= 11 is 0. The highest BCUT2D eigenvalue weighted by atomic mass is 16.4. The van der Waals surface area contributed by atoms with E-state index in [1.807, 2.05) is 0 Å². The number of carboxylic acids is 7. The van der Waals surface area contributed by atoms with Crippen LogP contribution in [-0.4, -0.2) is 99.4 Å². The molecule has 1 unspecified atom stereocenters. The summed E-state index contributed by atoms with van der Waals surface area (Å²) in [6.07, 6.45) is -2.40. The summed E-state index contributed by atoms with van der Waals surface area (Å²) in [4.78, 5) is 68.0. The van der Waals surface area contributed by atoms with E-state index < -0.39 is 66.3 Å². The van der Waals surface area contributed by atoms with Crippen molar-refractivity contribution in [3.8, 4) is 0 Å². The first-order chi connectivity index (χ1) is 13.8. The van der Waals surface area contributed by atoms with Gasteiger partial charge in [-0.05, 0) is 6.92 Å². The Labute approximate surface area is 172 Å². The van der Waals surface area contributed by atoms with Crippen LogP contribution < -0.4 is 0 Å². The molecule has 0 spiro atoms. The number of aliphatic carboxylic acids is 7. The average Bonchev–Trinajstić information content (AvgIpc) is 2.51. The molecule has 31 heavy (non-hydrogen) atoms. The van der Waals surface area contributed by atoms with Gasteiger partial charge in [-0.2, -0.15) is 0 Å². The molecule has 0 amide bonds. The first-order valence-electron chi connectivity index (χ1n) is 7.42. The maximum absolute atomic E-state index is 10.3. The van der Waals surface area contributed by atoms with Crippen LogP contribution in [0.2, 0.25) is 0 Å². The zero-order valence-electron chi connectivity index (χ0n) is 16.0. The maximum Gasteiger partial charge on any atom is 0.336 e. The van der Waals surface area contributed by atoms with Gasteiger partial charge in [0.05, 0.1) is 12.8 Å². The molecule has 0 aromatic rings. The lowest BCUT2D eigenvalue weighted by molar-refractivity contribution is -0.170. The Morgan fingerprint density at radius 1 is 0.742 bits per heavy atom. The van der Waals surface area contributed by atoms with E-state index >= 15 is 0 Å². The van der Waals surface area contributed by atoms with Crippen LogP contribution in [0.3, 0.4) is 0 Å². The molecule has 0 radical (unpaired) electrons. The third-order valence-corrected chi connectivity index (χ3v) is 2.01. The number of carboxylic acid groups (broad SMARTS) is 7. The molecule has 178 valence electrons. The van der Waals surface area contributed by atoms with Crippen LogP contribution in [0.5, 0.6) is 0 Å². The third-order valence-electron chi connectivity index (χ3n) is 2.01. The topological polar surface area (TPSA) is 302 Å². The number of carbonyl (C=O) groups is 7. The molecule has 9 N–H and O–H groups in total. The predicted octanol–water partition coefficient (Wildman–Crippen LogP) is -1.99. The average molecular weight is 458 g/mol. The van der Waals surface area contributed by atoms with E-state index in [9.17, 15) is 28.8 Å². The van der Waals surface area contributed by atoms with E-state index in [0.29, 0.717) is 12.2 Å². The van der Waals surface area contributed by atoms with Crippen LogP contribution in [0.25, 0.3) is 0 Å². The van der Waals surface area contributed by atoms with E-state index in [1.54, 1.807) is 0 Å². The van der Waals surface area contributed by atoms with E-state index in [-0.39, 0.29) is 0 Å². The lowest BCUT2D eigenvalue weighted by Gasteiger charge is -2.18. The van der Waals surface area contributed by atoms with Gasteiger partial charge in [-0.3, -0.25) is 14.4 Å². The molecule has 0 saturated carbocycles. The van der Waals surface area contributed by atoms with Crippen molar-refractivity contribution >= 4 is 41.8 Å². The van der Waals surface area contributed by atoms with E-state index in [2.05, 4.69) is 0 Å². The van der Waals surface area contributed by atoms with Crippen molar-refractivity contribution < 1.29 is 79.5 Å². The van der Waals surface area contributed by atoms with Gasteiger partial charge in [0.15, 0.2) is 5.60 Å². The molecule has 1 atom stereocenters. The molecule has 0 aliphatic carbocycles. The summed E-state index contributed by atoms with van der Waals surface area (Å²) in [6.45, 7) is 2.28. The zero-order valence-corrected chi connectivity index (χ0v) is 16.0. The summed E-state index contributed by atoms with van der Waals surface area (Å²) < 4.78 is 0. The summed E-state index contributed by atoms with van der Waals surface area (Å²) in [5.41, 5.74) is -2.74. The fraction of sp³-hybridized carbons (Fsp3) is 0.400. The second kappa shape index (κ2) is 18.0. The molecule has 0 fully saturated rings. The molecule has 0 bridgehead atoms. The van der Waals surface area contributed by atoms with E-state index in [1.165, 1.54) is 6.92 Å². The zero-order chi connectivity index (χ0) is 25.9. The summed E-state index contributed by atoms with van der Waals surface area (Å²) in [5, 5.41) is 72.6. The molecule has 0 rings (SSSR count). The third kappa shape index (κ3) is 33.9. The fourth-order valence-electron chi connectivity index (χ4n) is 0.857. The quantitative estimate of drug-likeness (QED) is 0.178. The lowest BCUT2D eigenvalue weighted by atomic mass is 9.96. The lowest BCUT2D eigenvalue weighted by Crippen LogP contribution is -2.42. The Morgan fingerprint density at radius 3 is 1.06 bits per heavy atom. The van der Waals surface area contributed by atoms with Gasteiger partial charge in [-0.1, -0.05) is 0 Å². The summed E-state index contributed by atoms with van der Waals surface area (Å²) in [7, 11) is 0. The van der Waals surface area contributed by atoms with Gasteiger partial charge in [0.2, 0.25) is 0 Å². The highest BCUT2D eigenvalue weighted by molar-refractivity contribution is 5.89. The normalized spacial score (nSPS) is 10.5. The largest absolute Gasteiger partial charge is 0.481 e. The van der Waals surface area contributed by atoms with Crippen molar-refractivity contribution in [1.29, 1.82) is 0 Å². The van der Waals surface area contributed by atoms with Crippen molar-refractivity contribution in [2.45, 2.75) is 38.4 Å². The number of rotatable bonds is 8. The van der Waals surface area contributed by atoms with Gasteiger partial charge >= 0.3 is 35.8 Å². The first kappa shape index (κ1) is 34.5. The smallest absolute Gasteiger partial charge is 0.336 e. The van der Waals surface area contributed by atoms with Gasteiger partial charge in [0.25, 0.3) is 5.97 Å². The number of hydrogen-bond donors (Lipinski definition) is 9. The van der Waals surface area contributed by atoms with Crippen LogP contribution in [0.1, 0.15) is 26.7 Å². The van der Waals surface area contributed by atoms with Crippen LogP contribution >= 0.6 is 0 Å². The summed E-state index contributed by atoms with van der Waals surface area (Å²) in [6, 6.07) is 0. The maximum atomic E-state index is 10.3. The van der Waals surface area contributed by atoms with Crippen molar-refractivity contribution in [3.05, 3.63) is 12.2 Å². The van der Waals surface area contributed by atoms with Gasteiger partial charge in [0, 0.05) is 19.1 Å². The Hall–Kier alpha value is -4.05. The van der Waals surface area contributed by atoms with E-state index in [4.69, 9.17) is 50.8 Å². The van der Waals surface area contributed by atoms with Crippen LogP contribution in [0.15, 0.2) is 12.2 Å². The second-order valence-corrected chi connectivity index (χ2v) is 5.02. The molecule has 0 aromatic heterocycles. The van der Waals surface area contributed by atoms with Gasteiger partial charge in [0.1, 0.15) is 6.10 Å². The van der Waals surface area contributed by atoms with Crippen LogP contribution in [-0.2, 0) is 33.6 Å². The molecule has 0 aromatic carbocycles. The van der Waals surface area contributed by atoms with Gasteiger partial charge in [-0.25, -0.2) is 19.2 Å².